The second-order valence-corrected chi connectivity index (χ2v) is 7.81. The first-order valence-electron chi connectivity index (χ1n) is 10.8. The molecule has 1 fully saturated rings. The number of aryl methyl sites for hydroxylation is 1. The minimum atomic E-state index is -0.0501. The molecule has 1 aromatic heterocycles. The summed E-state index contributed by atoms with van der Waals surface area (Å²) in [5, 5.41) is 1.02. The molecule has 0 unspecified atom stereocenters. The van der Waals surface area contributed by atoms with E-state index in [4.69, 9.17) is 9.15 Å². The van der Waals surface area contributed by atoms with Crippen LogP contribution >= 0.6 is 0 Å². The molecule has 0 spiro atoms. The number of ketones is 1. The Hall–Kier alpha value is -3.34. The summed E-state index contributed by atoms with van der Waals surface area (Å²) in [6.45, 7) is 3.21. The third kappa shape index (κ3) is 4.41. The summed E-state index contributed by atoms with van der Waals surface area (Å²) in [6.07, 6.45) is 5.61. The van der Waals surface area contributed by atoms with E-state index in [0.29, 0.717) is 31.5 Å². The summed E-state index contributed by atoms with van der Waals surface area (Å²) in [4.78, 5) is 27.4. The highest BCUT2D eigenvalue weighted by atomic mass is 16.5. The van der Waals surface area contributed by atoms with Crippen LogP contribution in [-0.2, 0) is 11.2 Å². The molecule has 160 valence electrons. The lowest BCUT2D eigenvalue weighted by molar-refractivity contribution is -0.127. The van der Waals surface area contributed by atoms with Gasteiger partial charge in [-0.05, 0) is 49.2 Å². The van der Waals surface area contributed by atoms with Crippen molar-refractivity contribution in [3.8, 4) is 5.75 Å². The van der Waals surface area contributed by atoms with E-state index >= 15 is 0 Å². The average molecular weight is 418 g/mol. The smallest absolute Gasteiger partial charge is 0.246 e. The minimum Gasteiger partial charge on any atom is -0.497 e. The lowest BCUT2D eigenvalue weighted by Crippen LogP contribution is -2.39. The number of ether oxygens (including phenoxy) is 1. The molecule has 5 heteroatoms. The van der Waals surface area contributed by atoms with E-state index in [9.17, 15) is 9.59 Å². The van der Waals surface area contributed by atoms with E-state index in [1.165, 1.54) is 0 Å². The molecule has 0 N–H and O–H groups in total. The predicted molar refractivity (Wildman–Crippen MR) is 121 cm³/mol. The van der Waals surface area contributed by atoms with Gasteiger partial charge in [0.25, 0.3) is 0 Å². The summed E-state index contributed by atoms with van der Waals surface area (Å²) < 4.78 is 11.1. The summed E-state index contributed by atoms with van der Waals surface area (Å²) in [7, 11) is 1.61. The highest BCUT2D eigenvalue weighted by molar-refractivity contribution is 5.99. The summed E-state index contributed by atoms with van der Waals surface area (Å²) in [5.74, 6) is 1.69. The summed E-state index contributed by atoms with van der Waals surface area (Å²) >= 11 is 0. The topological polar surface area (TPSA) is 59.8 Å². The van der Waals surface area contributed by atoms with Crippen LogP contribution in [0.25, 0.3) is 17.0 Å². The van der Waals surface area contributed by atoms with Crippen molar-refractivity contribution in [3.63, 3.8) is 0 Å². The zero-order valence-electron chi connectivity index (χ0n) is 18.0. The van der Waals surface area contributed by atoms with Crippen LogP contribution in [0.2, 0.25) is 0 Å². The third-order valence-corrected chi connectivity index (χ3v) is 5.98. The van der Waals surface area contributed by atoms with Crippen molar-refractivity contribution in [1.82, 2.24) is 4.90 Å². The fourth-order valence-corrected chi connectivity index (χ4v) is 4.17. The maximum Gasteiger partial charge on any atom is 0.246 e. The van der Waals surface area contributed by atoms with E-state index in [-0.39, 0.29) is 17.6 Å². The molecule has 1 saturated heterocycles. The Morgan fingerprint density at radius 1 is 1.10 bits per heavy atom. The standard InChI is InChI=1S/C26H27NO4/c1-3-23-22(21-6-4-5-7-24(21)31-23)12-13-25(28)27-16-14-19(15-17-27)26(29)18-8-10-20(30-2)11-9-18/h4-13,19H,3,14-17H2,1-2H3/b13-12+. The molecule has 2 heterocycles. The van der Waals surface area contributed by atoms with E-state index in [0.717, 1.165) is 34.5 Å². The van der Waals surface area contributed by atoms with Gasteiger partial charge in [-0.2, -0.15) is 0 Å². The Balaban J connectivity index is 1.39. The molecule has 1 amide bonds. The van der Waals surface area contributed by atoms with Crippen LogP contribution in [0, 0.1) is 5.92 Å². The Labute approximate surface area is 182 Å². The Kier molecular flexibility index (Phi) is 6.21. The van der Waals surface area contributed by atoms with E-state index < -0.39 is 0 Å². The molecule has 0 aliphatic carbocycles. The van der Waals surface area contributed by atoms with Gasteiger partial charge in [0, 0.05) is 48.0 Å². The lowest BCUT2D eigenvalue weighted by atomic mass is 9.89. The van der Waals surface area contributed by atoms with Crippen molar-refractivity contribution in [2.45, 2.75) is 26.2 Å². The SMILES string of the molecule is CCc1oc2ccccc2c1/C=C/C(=O)N1CCC(C(=O)c2ccc(OC)cc2)CC1. The molecule has 1 aliphatic heterocycles. The monoisotopic (exact) mass is 417 g/mol. The van der Waals surface area contributed by atoms with E-state index in [1.807, 2.05) is 54.3 Å². The van der Waals surface area contributed by atoms with Crippen molar-refractivity contribution in [3.05, 3.63) is 71.5 Å². The van der Waals surface area contributed by atoms with E-state index in [1.54, 1.807) is 25.3 Å². The number of likely N-dealkylation sites (tertiary alicyclic amines) is 1. The van der Waals surface area contributed by atoms with Crippen LogP contribution in [0.4, 0.5) is 0 Å². The number of benzene rings is 2. The number of methoxy groups -OCH3 is 1. The molecule has 2 aromatic carbocycles. The van der Waals surface area contributed by atoms with Crippen LogP contribution in [0.5, 0.6) is 5.75 Å². The molecule has 0 saturated carbocycles. The minimum absolute atomic E-state index is 0.0253. The average Bonchev–Trinajstić information content (AvgIpc) is 3.20. The molecule has 0 bridgehead atoms. The van der Waals surface area contributed by atoms with Crippen LogP contribution < -0.4 is 4.74 Å². The summed E-state index contributed by atoms with van der Waals surface area (Å²) in [6, 6.07) is 15.1. The zero-order chi connectivity index (χ0) is 21.8. The van der Waals surface area contributed by atoms with Crippen LogP contribution in [-0.4, -0.2) is 36.8 Å². The fraction of sp³-hybridized carbons (Fsp3) is 0.308. The number of carbonyl (C=O) groups is 2. The second-order valence-electron chi connectivity index (χ2n) is 7.81. The molecular formula is C26H27NO4. The highest BCUT2D eigenvalue weighted by Gasteiger charge is 2.27. The number of piperidine rings is 1. The normalized spacial score (nSPS) is 15.0. The number of fused-ring (bicyclic) bond motifs is 1. The molecule has 5 nitrogen and oxygen atoms in total. The lowest BCUT2D eigenvalue weighted by Gasteiger charge is -2.30. The maximum absolute atomic E-state index is 12.8. The molecule has 1 aliphatic rings. The number of hydrogen-bond acceptors (Lipinski definition) is 4. The maximum atomic E-state index is 12.8. The second kappa shape index (κ2) is 9.21. The van der Waals surface area contributed by atoms with Gasteiger partial charge in [-0.3, -0.25) is 9.59 Å². The largest absolute Gasteiger partial charge is 0.497 e. The van der Waals surface area contributed by atoms with Crippen molar-refractivity contribution in [1.29, 1.82) is 0 Å². The Morgan fingerprint density at radius 3 is 2.48 bits per heavy atom. The molecule has 0 radical (unpaired) electrons. The van der Waals surface area contributed by atoms with Crippen molar-refractivity contribution >= 4 is 28.7 Å². The summed E-state index contributed by atoms with van der Waals surface area (Å²) in [5.41, 5.74) is 2.50. The van der Waals surface area contributed by atoms with E-state index in [2.05, 4.69) is 0 Å². The van der Waals surface area contributed by atoms with Crippen molar-refractivity contribution in [2.24, 2.45) is 5.92 Å². The molecule has 4 rings (SSSR count). The number of carbonyl (C=O) groups excluding carboxylic acids is 2. The Morgan fingerprint density at radius 2 is 1.81 bits per heavy atom. The van der Waals surface area contributed by atoms with Crippen LogP contribution in [0.3, 0.4) is 0 Å². The first-order chi connectivity index (χ1) is 15.1. The number of furan rings is 1. The number of Topliss-reactive ketones (excluding diaryl/α,β-unsaturated/α-hetero) is 1. The van der Waals surface area contributed by atoms with Crippen molar-refractivity contribution < 1.29 is 18.7 Å². The van der Waals surface area contributed by atoms with Crippen LogP contribution in [0.1, 0.15) is 41.4 Å². The van der Waals surface area contributed by atoms with Gasteiger partial charge in [-0.15, -0.1) is 0 Å². The molecule has 3 aromatic rings. The van der Waals surface area contributed by atoms with Gasteiger partial charge in [0.05, 0.1) is 7.11 Å². The molecule has 0 atom stereocenters. The van der Waals surface area contributed by atoms with Crippen molar-refractivity contribution in [2.75, 3.05) is 20.2 Å². The van der Waals surface area contributed by atoms with Gasteiger partial charge in [-0.1, -0.05) is 25.1 Å². The number of nitrogens with zero attached hydrogens (tertiary/aromatic N) is 1. The zero-order valence-corrected chi connectivity index (χ0v) is 18.0. The first-order valence-corrected chi connectivity index (χ1v) is 10.8. The number of hydrogen-bond donors (Lipinski definition) is 0. The highest BCUT2D eigenvalue weighted by Crippen LogP contribution is 2.28. The van der Waals surface area contributed by atoms with Gasteiger partial charge in [0.1, 0.15) is 17.1 Å². The third-order valence-electron chi connectivity index (χ3n) is 5.98. The fourth-order valence-electron chi connectivity index (χ4n) is 4.17. The Bertz CT molecular complexity index is 1100. The number of para-hydroxylation sites is 1. The van der Waals surface area contributed by atoms with Gasteiger partial charge in [0.15, 0.2) is 5.78 Å². The first kappa shape index (κ1) is 20.9. The van der Waals surface area contributed by atoms with Gasteiger partial charge in [-0.25, -0.2) is 0 Å². The quantitative estimate of drug-likeness (QED) is 0.412. The van der Waals surface area contributed by atoms with Gasteiger partial charge >= 0.3 is 0 Å². The predicted octanol–water partition coefficient (Wildman–Crippen LogP) is 5.14. The van der Waals surface area contributed by atoms with Crippen LogP contribution in [0.15, 0.2) is 59.0 Å². The molecular weight excluding hydrogens is 390 g/mol. The number of amides is 1. The van der Waals surface area contributed by atoms with Gasteiger partial charge < -0.3 is 14.1 Å². The number of rotatable bonds is 6. The molecule has 31 heavy (non-hydrogen) atoms. The van der Waals surface area contributed by atoms with Gasteiger partial charge in [0.2, 0.25) is 5.91 Å².